The SMILES string of the molecule is CCc1cc(Br)ccc1NC(=O)/C(C)=C(/C)C(=O)O. The van der Waals surface area contributed by atoms with Gasteiger partial charge in [0.15, 0.2) is 0 Å². The second-order valence-electron chi connectivity index (χ2n) is 4.16. The van der Waals surface area contributed by atoms with Crippen LogP contribution in [0.1, 0.15) is 26.3 Å². The van der Waals surface area contributed by atoms with Gasteiger partial charge in [0, 0.05) is 21.3 Å². The first kappa shape index (κ1) is 15.4. The predicted octanol–water partition coefficient (Wildman–Crippen LogP) is 3.37. The van der Waals surface area contributed by atoms with E-state index in [9.17, 15) is 9.59 Å². The summed E-state index contributed by atoms with van der Waals surface area (Å²) in [6, 6.07) is 5.56. The molecule has 0 saturated heterocycles. The first-order valence-electron chi connectivity index (χ1n) is 5.87. The molecule has 102 valence electrons. The second kappa shape index (κ2) is 6.52. The van der Waals surface area contributed by atoms with E-state index in [4.69, 9.17) is 5.11 Å². The summed E-state index contributed by atoms with van der Waals surface area (Å²) in [7, 11) is 0. The Labute approximate surface area is 120 Å². The zero-order valence-corrected chi connectivity index (χ0v) is 12.7. The van der Waals surface area contributed by atoms with Gasteiger partial charge in [0.05, 0.1) is 0 Å². The van der Waals surface area contributed by atoms with Gasteiger partial charge in [0.25, 0.3) is 5.91 Å². The molecule has 0 bridgehead atoms. The van der Waals surface area contributed by atoms with Gasteiger partial charge in [-0.3, -0.25) is 4.79 Å². The normalized spacial score (nSPS) is 11.8. The van der Waals surface area contributed by atoms with E-state index in [1.54, 1.807) is 6.07 Å². The largest absolute Gasteiger partial charge is 0.478 e. The molecule has 0 aliphatic heterocycles. The third-order valence-corrected chi connectivity index (χ3v) is 3.41. The number of benzene rings is 1. The van der Waals surface area contributed by atoms with Gasteiger partial charge in [-0.2, -0.15) is 0 Å². The van der Waals surface area contributed by atoms with Crippen LogP contribution < -0.4 is 5.32 Å². The molecule has 0 aliphatic rings. The maximum Gasteiger partial charge on any atom is 0.331 e. The monoisotopic (exact) mass is 325 g/mol. The molecule has 1 aromatic carbocycles. The highest BCUT2D eigenvalue weighted by atomic mass is 79.9. The van der Waals surface area contributed by atoms with Gasteiger partial charge in [0.2, 0.25) is 0 Å². The average Bonchev–Trinajstić information content (AvgIpc) is 2.38. The molecule has 19 heavy (non-hydrogen) atoms. The van der Waals surface area contributed by atoms with Crippen molar-refractivity contribution in [3.63, 3.8) is 0 Å². The molecule has 0 spiro atoms. The molecule has 0 saturated carbocycles. The smallest absolute Gasteiger partial charge is 0.331 e. The van der Waals surface area contributed by atoms with Crippen molar-refractivity contribution in [2.45, 2.75) is 27.2 Å². The van der Waals surface area contributed by atoms with Crippen molar-refractivity contribution < 1.29 is 14.7 Å². The Kier molecular flexibility index (Phi) is 5.30. The Balaban J connectivity index is 3.01. The molecule has 5 heteroatoms. The van der Waals surface area contributed by atoms with E-state index >= 15 is 0 Å². The van der Waals surface area contributed by atoms with Crippen molar-refractivity contribution in [1.82, 2.24) is 0 Å². The van der Waals surface area contributed by atoms with Crippen LogP contribution in [0.4, 0.5) is 5.69 Å². The third-order valence-electron chi connectivity index (χ3n) is 2.92. The molecule has 0 unspecified atom stereocenters. The topological polar surface area (TPSA) is 66.4 Å². The van der Waals surface area contributed by atoms with Gasteiger partial charge in [-0.15, -0.1) is 0 Å². The minimum Gasteiger partial charge on any atom is -0.478 e. The number of nitrogens with one attached hydrogen (secondary N) is 1. The number of aryl methyl sites for hydroxylation is 1. The fourth-order valence-electron chi connectivity index (χ4n) is 1.52. The Hall–Kier alpha value is -1.62. The van der Waals surface area contributed by atoms with Crippen LogP contribution in [0.15, 0.2) is 33.8 Å². The van der Waals surface area contributed by atoms with Crippen LogP contribution in [-0.2, 0) is 16.0 Å². The molecular weight excluding hydrogens is 310 g/mol. The molecule has 0 fully saturated rings. The van der Waals surface area contributed by atoms with E-state index in [2.05, 4.69) is 21.2 Å². The van der Waals surface area contributed by atoms with Gasteiger partial charge >= 0.3 is 5.97 Å². The van der Waals surface area contributed by atoms with Crippen LogP contribution in [0.3, 0.4) is 0 Å². The summed E-state index contributed by atoms with van der Waals surface area (Å²) in [6.07, 6.45) is 0.774. The van der Waals surface area contributed by atoms with Gasteiger partial charge in [0.1, 0.15) is 0 Å². The molecule has 4 nitrogen and oxygen atoms in total. The first-order chi connectivity index (χ1) is 8.86. The van der Waals surface area contributed by atoms with Gasteiger partial charge in [-0.25, -0.2) is 4.79 Å². The number of halogens is 1. The number of carbonyl (C=O) groups is 2. The lowest BCUT2D eigenvalue weighted by atomic mass is 10.1. The zero-order chi connectivity index (χ0) is 14.6. The molecule has 1 rings (SSSR count). The number of hydrogen-bond acceptors (Lipinski definition) is 2. The van der Waals surface area contributed by atoms with E-state index in [0.29, 0.717) is 5.69 Å². The lowest BCUT2D eigenvalue weighted by Crippen LogP contribution is -2.17. The number of hydrogen-bond donors (Lipinski definition) is 2. The third kappa shape index (κ3) is 3.92. The van der Waals surface area contributed by atoms with Crippen molar-refractivity contribution in [2.24, 2.45) is 0 Å². The molecule has 0 radical (unpaired) electrons. The summed E-state index contributed by atoms with van der Waals surface area (Å²) in [6.45, 7) is 4.91. The summed E-state index contributed by atoms with van der Waals surface area (Å²) in [5.41, 5.74) is 1.95. The Morgan fingerprint density at radius 1 is 1.26 bits per heavy atom. The highest BCUT2D eigenvalue weighted by molar-refractivity contribution is 9.10. The first-order valence-corrected chi connectivity index (χ1v) is 6.66. The number of amides is 1. The fourth-order valence-corrected chi connectivity index (χ4v) is 1.93. The highest BCUT2D eigenvalue weighted by Crippen LogP contribution is 2.22. The van der Waals surface area contributed by atoms with Crippen LogP contribution in [0.25, 0.3) is 0 Å². The van der Waals surface area contributed by atoms with Crippen molar-refractivity contribution >= 4 is 33.5 Å². The van der Waals surface area contributed by atoms with E-state index in [1.165, 1.54) is 13.8 Å². The molecule has 0 atom stereocenters. The Bertz CT molecular complexity index is 550. The summed E-state index contributed by atoms with van der Waals surface area (Å²) in [5.74, 6) is -1.48. The van der Waals surface area contributed by atoms with E-state index < -0.39 is 11.9 Å². The zero-order valence-electron chi connectivity index (χ0n) is 11.1. The van der Waals surface area contributed by atoms with E-state index in [-0.39, 0.29) is 11.1 Å². The summed E-state index contributed by atoms with van der Waals surface area (Å²) in [5, 5.41) is 11.6. The molecular formula is C14H16BrNO3. The fraction of sp³-hybridized carbons (Fsp3) is 0.286. The number of carbonyl (C=O) groups excluding carboxylic acids is 1. The maximum absolute atomic E-state index is 12.0. The van der Waals surface area contributed by atoms with Crippen molar-refractivity contribution in [3.05, 3.63) is 39.4 Å². The number of carboxylic acids is 1. The number of carboxylic acid groups (broad SMARTS) is 1. The van der Waals surface area contributed by atoms with E-state index in [1.807, 2.05) is 19.1 Å². The Morgan fingerprint density at radius 2 is 1.89 bits per heavy atom. The number of anilines is 1. The second-order valence-corrected chi connectivity index (χ2v) is 5.08. The van der Waals surface area contributed by atoms with Crippen LogP contribution in [0.5, 0.6) is 0 Å². The highest BCUT2D eigenvalue weighted by Gasteiger charge is 2.14. The van der Waals surface area contributed by atoms with Crippen LogP contribution in [-0.4, -0.2) is 17.0 Å². The molecule has 0 heterocycles. The quantitative estimate of drug-likeness (QED) is 0.834. The van der Waals surface area contributed by atoms with Crippen LogP contribution in [0.2, 0.25) is 0 Å². The van der Waals surface area contributed by atoms with Gasteiger partial charge < -0.3 is 10.4 Å². The van der Waals surface area contributed by atoms with E-state index in [0.717, 1.165) is 16.5 Å². The Morgan fingerprint density at radius 3 is 2.42 bits per heavy atom. The predicted molar refractivity (Wildman–Crippen MR) is 78.2 cm³/mol. The van der Waals surface area contributed by atoms with Gasteiger partial charge in [-0.1, -0.05) is 22.9 Å². The standard InChI is InChI=1S/C14H16BrNO3/c1-4-10-7-11(15)5-6-12(10)16-13(17)8(2)9(3)14(18)19/h5-7H,4H2,1-3H3,(H,16,17)(H,18,19)/b9-8-. The summed E-state index contributed by atoms with van der Waals surface area (Å²) in [4.78, 5) is 22.8. The molecule has 0 aliphatic carbocycles. The summed E-state index contributed by atoms with van der Waals surface area (Å²) >= 11 is 3.37. The molecule has 1 aromatic rings. The minimum absolute atomic E-state index is 0.0488. The summed E-state index contributed by atoms with van der Waals surface area (Å²) < 4.78 is 0.941. The van der Waals surface area contributed by atoms with Crippen LogP contribution in [0, 0.1) is 0 Å². The molecule has 0 aromatic heterocycles. The molecule has 2 N–H and O–H groups in total. The van der Waals surface area contributed by atoms with Gasteiger partial charge in [-0.05, 0) is 44.0 Å². The number of rotatable bonds is 4. The van der Waals surface area contributed by atoms with Crippen LogP contribution >= 0.6 is 15.9 Å². The maximum atomic E-state index is 12.0. The lowest BCUT2D eigenvalue weighted by molar-refractivity contribution is -0.133. The lowest BCUT2D eigenvalue weighted by Gasteiger charge is -2.11. The average molecular weight is 326 g/mol. The molecule has 1 amide bonds. The van der Waals surface area contributed by atoms with Crippen molar-refractivity contribution in [2.75, 3.05) is 5.32 Å². The number of aliphatic carboxylic acids is 1. The minimum atomic E-state index is -1.08. The van der Waals surface area contributed by atoms with Crippen molar-refractivity contribution in [3.8, 4) is 0 Å². The van der Waals surface area contributed by atoms with Crippen molar-refractivity contribution in [1.29, 1.82) is 0 Å².